The van der Waals surface area contributed by atoms with Gasteiger partial charge < -0.3 is 20.7 Å². The number of nitrogen functional groups attached to an aromatic ring is 1. The Labute approximate surface area is 116 Å². The summed E-state index contributed by atoms with van der Waals surface area (Å²) in [6.45, 7) is 2.79. The van der Waals surface area contributed by atoms with Gasteiger partial charge in [-0.25, -0.2) is 4.79 Å². The van der Waals surface area contributed by atoms with Crippen molar-refractivity contribution in [1.82, 2.24) is 5.32 Å². The normalized spacial score (nSPS) is 10.1. The Kier molecular flexibility index (Phi) is 5.17. The van der Waals surface area contributed by atoms with Gasteiger partial charge in [-0.15, -0.1) is 11.3 Å². The maximum atomic E-state index is 11.8. The van der Waals surface area contributed by atoms with Crippen molar-refractivity contribution in [1.29, 1.82) is 0 Å². The first kappa shape index (κ1) is 15.3. The zero-order valence-electron chi connectivity index (χ0n) is 11.6. The van der Waals surface area contributed by atoms with Crippen LogP contribution in [0.1, 0.15) is 33.4 Å². The molecule has 0 aliphatic carbocycles. The monoisotopic (exact) mass is 285 g/mol. The van der Waals surface area contributed by atoms with Crippen LogP contribution in [0.15, 0.2) is 0 Å². The predicted octanol–water partition coefficient (Wildman–Crippen LogP) is 1.32. The van der Waals surface area contributed by atoms with Crippen LogP contribution in [-0.2, 0) is 4.74 Å². The number of carbonyl (C=O) groups is 2. The van der Waals surface area contributed by atoms with Gasteiger partial charge in [-0.05, 0) is 6.42 Å². The van der Waals surface area contributed by atoms with Gasteiger partial charge in [-0.2, -0.15) is 0 Å². The molecule has 7 heteroatoms. The molecular formula is C12H19N3O3S. The largest absolute Gasteiger partial charge is 0.465 e. The Bertz CT molecular complexity index is 485. The second-order valence-electron chi connectivity index (χ2n) is 4.02. The summed E-state index contributed by atoms with van der Waals surface area (Å²) in [5.74, 6) is -0.828. The summed E-state index contributed by atoms with van der Waals surface area (Å²) >= 11 is 1.20. The molecule has 1 rings (SSSR count). The molecule has 0 unspecified atom stereocenters. The van der Waals surface area contributed by atoms with Crippen LogP contribution in [0.3, 0.4) is 0 Å². The summed E-state index contributed by atoms with van der Waals surface area (Å²) in [5.41, 5.74) is 6.35. The number of nitrogens with zero attached hydrogens (tertiary/aromatic N) is 1. The SMILES string of the molecule is CCCN(C)c1sc(C(=O)NC)c(N)c1C(=O)OC. The van der Waals surface area contributed by atoms with Crippen molar-refractivity contribution in [3.63, 3.8) is 0 Å². The molecule has 1 heterocycles. The van der Waals surface area contributed by atoms with Crippen molar-refractivity contribution in [3.05, 3.63) is 10.4 Å². The first-order valence-electron chi connectivity index (χ1n) is 5.91. The summed E-state index contributed by atoms with van der Waals surface area (Å²) in [5, 5.41) is 3.17. The topological polar surface area (TPSA) is 84.7 Å². The first-order valence-corrected chi connectivity index (χ1v) is 6.73. The van der Waals surface area contributed by atoms with Crippen LogP contribution in [0.5, 0.6) is 0 Å². The van der Waals surface area contributed by atoms with Crippen molar-refractivity contribution >= 4 is 33.9 Å². The Morgan fingerprint density at radius 2 is 2.11 bits per heavy atom. The van der Waals surface area contributed by atoms with E-state index >= 15 is 0 Å². The van der Waals surface area contributed by atoms with Crippen LogP contribution in [0.25, 0.3) is 0 Å². The number of rotatable bonds is 5. The molecule has 0 fully saturated rings. The lowest BCUT2D eigenvalue weighted by molar-refractivity contribution is 0.0603. The van der Waals surface area contributed by atoms with Crippen LogP contribution in [-0.4, -0.2) is 39.6 Å². The lowest BCUT2D eigenvalue weighted by atomic mass is 10.2. The van der Waals surface area contributed by atoms with E-state index in [9.17, 15) is 9.59 Å². The molecule has 1 amide bonds. The molecule has 0 spiro atoms. The Morgan fingerprint density at radius 1 is 1.47 bits per heavy atom. The van der Waals surface area contributed by atoms with E-state index < -0.39 is 5.97 Å². The zero-order valence-corrected chi connectivity index (χ0v) is 12.4. The van der Waals surface area contributed by atoms with Crippen LogP contribution in [0.2, 0.25) is 0 Å². The third kappa shape index (κ3) is 2.98. The number of anilines is 2. The van der Waals surface area contributed by atoms with Crippen LogP contribution in [0, 0.1) is 0 Å². The van der Waals surface area contributed by atoms with Gasteiger partial charge in [0.25, 0.3) is 5.91 Å². The Morgan fingerprint density at radius 3 is 2.58 bits per heavy atom. The lowest BCUT2D eigenvalue weighted by Crippen LogP contribution is -2.19. The summed E-state index contributed by atoms with van der Waals surface area (Å²) in [6.07, 6.45) is 0.921. The summed E-state index contributed by atoms with van der Waals surface area (Å²) in [4.78, 5) is 25.8. The maximum Gasteiger partial charge on any atom is 0.343 e. The smallest absolute Gasteiger partial charge is 0.343 e. The van der Waals surface area contributed by atoms with E-state index in [1.165, 1.54) is 25.5 Å². The second-order valence-corrected chi connectivity index (χ2v) is 5.02. The average Bonchev–Trinajstić information content (AvgIpc) is 2.75. The minimum Gasteiger partial charge on any atom is -0.465 e. The molecule has 0 radical (unpaired) electrons. The molecule has 19 heavy (non-hydrogen) atoms. The van der Waals surface area contributed by atoms with Gasteiger partial charge in [-0.1, -0.05) is 6.92 Å². The standard InChI is InChI=1S/C12H19N3O3S/c1-5-6-15(3)11-7(12(17)18-4)8(13)9(19-11)10(16)14-2/h5-6,13H2,1-4H3,(H,14,16). The van der Waals surface area contributed by atoms with E-state index in [1.807, 2.05) is 18.9 Å². The number of nitrogens with one attached hydrogen (secondary N) is 1. The quantitative estimate of drug-likeness (QED) is 0.797. The zero-order chi connectivity index (χ0) is 14.6. The van der Waals surface area contributed by atoms with Crippen molar-refractivity contribution in [2.45, 2.75) is 13.3 Å². The molecule has 0 saturated heterocycles. The highest BCUT2D eigenvalue weighted by Gasteiger charge is 2.27. The second kappa shape index (κ2) is 6.42. The number of esters is 1. The number of nitrogens with two attached hydrogens (primary N) is 1. The van der Waals surface area contributed by atoms with Crippen molar-refractivity contribution in [3.8, 4) is 0 Å². The summed E-state index contributed by atoms with van der Waals surface area (Å²) < 4.78 is 4.74. The fraction of sp³-hybridized carbons (Fsp3) is 0.500. The number of amides is 1. The molecule has 0 aromatic carbocycles. The van der Waals surface area contributed by atoms with Crippen LogP contribution in [0.4, 0.5) is 10.7 Å². The summed E-state index contributed by atoms with van der Waals surface area (Å²) in [6, 6.07) is 0. The van der Waals surface area contributed by atoms with Crippen LogP contribution >= 0.6 is 11.3 Å². The van der Waals surface area contributed by atoms with E-state index in [0.717, 1.165) is 13.0 Å². The predicted molar refractivity (Wildman–Crippen MR) is 77.0 cm³/mol. The summed E-state index contributed by atoms with van der Waals surface area (Å²) in [7, 11) is 4.67. The van der Waals surface area contributed by atoms with Gasteiger partial charge >= 0.3 is 5.97 Å². The van der Waals surface area contributed by atoms with E-state index in [-0.39, 0.29) is 17.2 Å². The minimum absolute atomic E-state index is 0.175. The number of ether oxygens (including phenoxy) is 1. The molecule has 106 valence electrons. The molecule has 6 nitrogen and oxygen atoms in total. The van der Waals surface area contributed by atoms with Crippen molar-refractivity contribution in [2.75, 3.05) is 38.4 Å². The molecule has 3 N–H and O–H groups in total. The maximum absolute atomic E-state index is 11.8. The molecular weight excluding hydrogens is 266 g/mol. The lowest BCUT2D eigenvalue weighted by Gasteiger charge is -2.17. The molecule has 0 aliphatic rings. The highest BCUT2D eigenvalue weighted by atomic mass is 32.1. The molecule has 1 aromatic rings. The molecule has 1 aromatic heterocycles. The third-order valence-corrected chi connectivity index (χ3v) is 3.97. The van der Waals surface area contributed by atoms with E-state index in [1.54, 1.807) is 0 Å². The van der Waals surface area contributed by atoms with Gasteiger partial charge in [-0.3, -0.25) is 4.79 Å². The van der Waals surface area contributed by atoms with E-state index in [0.29, 0.717) is 9.88 Å². The average molecular weight is 285 g/mol. The van der Waals surface area contributed by atoms with Gasteiger partial charge in [0, 0.05) is 20.6 Å². The van der Waals surface area contributed by atoms with Crippen molar-refractivity contribution < 1.29 is 14.3 Å². The molecule has 0 atom stereocenters. The van der Waals surface area contributed by atoms with Gasteiger partial charge in [0.2, 0.25) is 0 Å². The Balaban J connectivity index is 3.35. The first-order chi connectivity index (χ1) is 8.97. The number of carbonyl (C=O) groups excluding carboxylic acids is 2. The fourth-order valence-corrected chi connectivity index (χ4v) is 2.86. The number of thiophene rings is 1. The molecule has 0 saturated carbocycles. The third-order valence-electron chi connectivity index (χ3n) is 2.66. The highest BCUT2D eigenvalue weighted by Crippen LogP contribution is 2.38. The van der Waals surface area contributed by atoms with Gasteiger partial charge in [0.1, 0.15) is 15.4 Å². The highest BCUT2D eigenvalue weighted by molar-refractivity contribution is 7.19. The van der Waals surface area contributed by atoms with Gasteiger partial charge in [0.05, 0.1) is 12.8 Å². The minimum atomic E-state index is -0.526. The fourth-order valence-electron chi connectivity index (χ4n) is 1.72. The van der Waals surface area contributed by atoms with Crippen molar-refractivity contribution in [2.24, 2.45) is 0 Å². The van der Waals surface area contributed by atoms with E-state index in [4.69, 9.17) is 10.5 Å². The number of hydrogen-bond acceptors (Lipinski definition) is 6. The number of methoxy groups -OCH3 is 1. The van der Waals surface area contributed by atoms with E-state index in [2.05, 4.69) is 5.32 Å². The van der Waals surface area contributed by atoms with Gasteiger partial charge in [0.15, 0.2) is 0 Å². The molecule has 0 bridgehead atoms. The molecule has 0 aliphatic heterocycles. The Hall–Kier alpha value is -1.76. The van der Waals surface area contributed by atoms with Crippen LogP contribution < -0.4 is 16.0 Å². The number of hydrogen-bond donors (Lipinski definition) is 2.